The van der Waals surface area contributed by atoms with Crippen LogP contribution in [0.25, 0.3) is 11.0 Å². The van der Waals surface area contributed by atoms with Crippen molar-refractivity contribution in [3.8, 4) is 0 Å². The van der Waals surface area contributed by atoms with Crippen LogP contribution in [0.1, 0.15) is 65.3 Å². The Morgan fingerprint density at radius 2 is 1.89 bits per heavy atom. The first-order valence-corrected chi connectivity index (χ1v) is 13.7. The van der Waals surface area contributed by atoms with Crippen LogP contribution in [0, 0.1) is 17.5 Å². The Balaban J connectivity index is 1.96. The summed E-state index contributed by atoms with van der Waals surface area (Å²) in [5.74, 6) is -0.983. The Bertz CT molecular complexity index is 1290. The van der Waals surface area contributed by atoms with Crippen molar-refractivity contribution in [1.29, 1.82) is 0 Å². The number of aliphatic hydroxyl groups is 3. The predicted molar refractivity (Wildman–Crippen MR) is 132 cm³/mol. The van der Waals surface area contributed by atoms with E-state index in [1.807, 2.05) is 0 Å². The van der Waals surface area contributed by atoms with Crippen LogP contribution in [0.2, 0.25) is 0 Å². The van der Waals surface area contributed by atoms with Gasteiger partial charge in [-0.1, -0.05) is 20.8 Å². The van der Waals surface area contributed by atoms with Crippen LogP contribution in [0.3, 0.4) is 0 Å². The van der Waals surface area contributed by atoms with E-state index in [0.717, 1.165) is 4.57 Å². The molecule has 0 spiro atoms. The summed E-state index contributed by atoms with van der Waals surface area (Å²) in [4.78, 5) is 29.7. The number of nitrogens with one attached hydrogen (secondary N) is 1. The van der Waals surface area contributed by atoms with E-state index in [1.165, 1.54) is 20.0 Å². The summed E-state index contributed by atoms with van der Waals surface area (Å²) in [7, 11) is -4.51. The fraction of sp³-hybridized carbons (Fsp3) is 0.682. The number of nitrogens with zero attached hydrogens (tertiary/aromatic N) is 2. The van der Waals surface area contributed by atoms with E-state index in [2.05, 4.69) is 9.97 Å². The Hall–Kier alpha value is -1.57. The molecule has 2 aromatic rings. The zero-order valence-corrected chi connectivity index (χ0v) is 22.5. The molecule has 5 N–H and O–H groups in total. The summed E-state index contributed by atoms with van der Waals surface area (Å²) in [6.45, 7) is 7.60. The summed E-state index contributed by atoms with van der Waals surface area (Å²) >= 11 is 5.29. The van der Waals surface area contributed by atoms with Crippen molar-refractivity contribution in [2.24, 2.45) is 0 Å². The molecule has 0 saturated carbocycles. The molecule has 2 aromatic heterocycles. The Labute approximate surface area is 212 Å². The van der Waals surface area contributed by atoms with Gasteiger partial charge in [-0.05, 0) is 45.3 Å². The van der Waals surface area contributed by atoms with Gasteiger partial charge in [0.1, 0.15) is 17.9 Å². The van der Waals surface area contributed by atoms with Crippen LogP contribution in [0.15, 0.2) is 11.0 Å². The highest BCUT2D eigenvalue weighted by Crippen LogP contribution is 2.59. The Morgan fingerprint density at radius 3 is 2.44 bits per heavy atom. The third-order valence-corrected chi connectivity index (χ3v) is 9.57. The van der Waals surface area contributed by atoms with E-state index in [-0.39, 0.29) is 47.2 Å². The summed E-state index contributed by atoms with van der Waals surface area (Å²) in [5.41, 5.74) is -2.12. The molecular formula is C22H33FN3O8PS. The maximum atomic E-state index is 14.2. The van der Waals surface area contributed by atoms with Crippen molar-refractivity contribution in [3.05, 3.63) is 32.7 Å². The second-order valence-corrected chi connectivity index (χ2v) is 12.0. The highest BCUT2D eigenvalue weighted by molar-refractivity contribution is 7.71. The van der Waals surface area contributed by atoms with Crippen molar-refractivity contribution >= 4 is 30.8 Å². The first-order chi connectivity index (χ1) is 16.6. The largest absolute Gasteiger partial charge is 0.388 e. The lowest BCUT2D eigenvalue weighted by atomic mass is 9.88. The molecule has 1 fully saturated rings. The standard InChI is InChI=1S/C22H33FN3O8PS/c1-6-21(5,30)35(31,32)34-22(7-2,8-3)9-13-16(28)17(29)19(33-13)26-10-12-15(27)14(23)11(4)24-18(12)25-20(26)36/h10,13,16-17,19,28-30H,6-9H2,1-5H3,(H,31,32)(H,24,25,36). The molecule has 6 unspecified atom stereocenters. The molecule has 14 heteroatoms. The number of halogens is 1. The monoisotopic (exact) mass is 549 g/mol. The molecule has 0 aromatic carbocycles. The van der Waals surface area contributed by atoms with Gasteiger partial charge < -0.3 is 29.9 Å². The number of fused-ring (bicyclic) bond motifs is 1. The van der Waals surface area contributed by atoms with Crippen molar-refractivity contribution in [2.75, 3.05) is 0 Å². The molecular weight excluding hydrogens is 516 g/mol. The molecule has 3 heterocycles. The van der Waals surface area contributed by atoms with Gasteiger partial charge in [0.25, 0.3) is 0 Å². The van der Waals surface area contributed by atoms with Crippen LogP contribution in [-0.4, -0.2) is 64.0 Å². The third-order valence-electron chi connectivity index (χ3n) is 7.10. The van der Waals surface area contributed by atoms with Gasteiger partial charge in [0, 0.05) is 12.6 Å². The average Bonchev–Trinajstić information content (AvgIpc) is 3.09. The SMILES string of the molecule is CCC(CC)(CC1OC(n2cc3c(=O)c(F)c(C)[nH]c3nc2=S)C(O)C1O)OP(=O)(O)C(C)(O)CC. The molecule has 6 atom stereocenters. The number of hydrogen-bond acceptors (Lipinski definition) is 9. The average molecular weight is 550 g/mol. The lowest BCUT2D eigenvalue weighted by Crippen LogP contribution is -2.41. The molecule has 0 radical (unpaired) electrons. The number of pyridine rings is 1. The fourth-order valence-corrected chi connectivity index (χ4v) is 5.90. The molecule has 0 bridgehead atoms. The van der Waals surface area contributed by atoms with Gasteiger partial charge in [0.2, 0.25) is 10.2 Å². The number of aryl methyl sites for hydroxylation is 1. The minimum Gasteiger partial charge on any atom is -0.388 e. The minimum absolute atomic E-state index is 0.00141. The van der Waals surface area contributed by atoms with Gasteiger partial charge in [-0.2, -0.15) is 0 Å². The number of ether oxygens (including phenoxy) is 1. The molecule has 1 saturated heterocycles. The number of aromatic amines is 1. The van der Waals surface area contributed by atoms with Gasteiger partial charge in [-0.25, -0.2) is 9.37 Å². The van der Waals surface area contributed by atoms with Gasteiger partial charge in [0.15, 0.2) is 17.4 Å². The van der Waals surface area contributed by atoms with E-state index >= 15 is 0 Å². The second kappa shape index (κ2) is 10.3. The van der Waals surface area contributed by atoms with Crippen molar-refractivity contribution in [3.63, 3.8) is 0 Å². The lowest BCUT2D eigenvalue weighted by Gasteiger charge is -2.39. The summed E-state index contributed by atoms with van der Waals surface area (Å²) < 4.78 is 39.7. The van der Waals surface area contributed by atoms with Crippen molar-refractivity contribution < 1.29 is 38.4 Å². The molecule has 202 valence electrons. The zero-order valence-electron chi connectivity index (χ0n) is 20.8. The number of aromatic nitrogens is 3. The predicted octanol–water partition coefficient (Wildman–Crippen LogP) is 2.79. The zero-order chi connectivity index (χ0) is 27.2. The van der Waals surface area contributed by atoms with Crippen LogP contribution in [0.4, 0.5) is 4.39 Å². The Kier molecular flexibility index (Phi) is 8.29. The van der Waals surface area contributed by atoms with E-state index in [4.69, 9.17) is 21.5 Å². The van der Waals surface area contributed by atoms with E-state index in [9.17, 15) is 34.0 Å². The maximum absolute atomic E-state index is 14.2. The number of aliphatic hydroxyl groups excluding tert-OH is 2. The van der Waals surface area contributed by atoms with Crippen LogP contribution < -0.4 is 5.43 Å². The number of H-pyrrole nitrogens is 1. The van der Waals surface area contributed by atoms with Crippen LogP contribution in [-0.2, 0) is 13.8 Å². The smallest absolute Gasteiger partial charge is 0.359 e. The Morgan fingerprint density at radius 1 is 1.28 bits per heavy atom. The highest BCUT2D eigenvalue weighted by Gasteiger charge is 2.51. The molecule has 11 nitrogen and oxygen atoms in total. The molecule has 3 rings (SSSR count). The first kappa shape index (κ1) is 29.0. The maximum Gasteiger partial charge on any atom is 0.359 e. The van der Waals surface area contributed by atoms with E-state index in [1.54, 1.807) is 20.8 Å². The van der Waals surface area contributed by atoms with Gasteiger partial charge in [-0.15, -0.1) is 0 Å². The normalized spacial score (nSPS) is 26.2. The molecule has 0 aliphatic carbocycles. The topological polar surface area (TPSA) is 167 Å². The molecule has 1 aliphatic heterocycles. The minimum atomic E-state index is -4.51. The van der Waals surface area contributed by atoms with E-state index < -0.39 is 54.3 Å². The van der Waals surface area contributed by atoms with Crippen molar-refractivity contribution in [1.82, 2.24) is 14.5 Å². The third kappa shape index (κ3) is 5.08. The first-order valence-electron chi connectivity index (χ1n) is 11.7. The number of rotatable bonds is 9. The fourth-order valence-electron chi connectivity index (χ4n) is 4.19. The molecule has 1 aliphatic rings. The number of hydrogen-bond donors (Lipinski definition) is 5. The van der Waals surface area contributed by atoms with Gasteiger partial charge in [-0.3, -0.25) is 18.5 Å². The second-order valence-electron chi connectivity index (χ2n) is 9.41. The summed E-state index contributed by atoms with van der Waals surface area (Å²) in [6.07, 6.45) is -3.74. The van der Waals surface area contributed by atoms with Gasteiger partial charge >= 0.3 is 7.60 Å². The van der Waals surface area contributed by atoms with Crippen molar-refractivity contribution in [2.45, 2.75) is 95.8 Å². The summed E-state index contributed by atoms with van der Waals surface area (Å²) in [5, 5.41) is 29.8. The summed E-state index contributed by atoms with van der Waals surface area (Å²) in [6, 6.07) is 0. The van der Waals surface area contributed by atoms with Crippen LogP contribution >= 0.6 is 19.8 Å². The van der Waals surface area contributed by atoms with E-state index in [0.29, 0.717) is 0 Å². The quantitative estimate of drug-likeness (QED) is 0.232. The van der Waals surface area contributed by atoms with Gasteiger partial charge in [0.05, 0.1) is 22.8 Å². The molecule has 0 amide bonds. The lowest BCUT2D eigenvalue weighted by molar-refractivity contribution is -0.0768. The highest BCUT2D eigenvalue weighted by atomic mass is 32.1. The van der Waals surface area contributed by atoms with Crippen LogP contribution in [0.5, 0.6) is 0 Å². The molecule has 36 heavy (non-hydrogen) atoms.